The Morgan fingerprint density at radius 1 is 1.20 bits per heavy atom. The van der Waals surface area contributed by atoms with Crippen molar-refractivity contribution < 1.29 is 13.2 Å². The summed E-state index contributed by atoms with van der Waals surface area (Å²) in [5, 5.41) is 2.82. The molecule has 4 N–H and O–H groups in total. The minimum Gasteiger partial charge on any atom is -0.327 e. The van der Waals surface area contributed by atoms with Crippen molar-refractivity contribution in [1.82, 2.24) is 4.72 Å². The number of carbonyl (C=O) groups excluding carboxylic acids is 1. The summed E-state index contributed by atoms with van der Waals surface area (Å²) in [7, 11) is -3.51. The highest BCUT2D eigenvalue weighted by Crippen LogP contribution is 2.26. The molecule has 1 amide bonds. The maximum atomic E-state index is 12.2. The van der Waals surface area contributed by atoms with Crippen LogP contribution in [0.5, 0.6) is 0 Å². The Bertz CT molecular complexity index is 662. The van der Waals surface area contributed by atoms with Gasteiger partial charge in [0.25, 0.3) is 0 Å². The Kier molecular flexibility index (Phi) is 8.34. The largest absolute Gasteiger partial charge is 0.327 e. The van der Waals surface area contributed by atoms with Crippen molar-refractivity contribution in [2.75, 3.05) is 5.32 Å². The van der Waals surface area contributed by atoms with Crippen LogP contribution >= 0.6 is 12.4 Å². The van der Waals surface area contributed by atoms with Crippen molar-refractivity contribution >= 4 is 34.0 Å². The monoisotopic (exact) mass is 389 g/mol. The predicted molar refractivity (Wildman–Crippen MR) is 102 cm³/mol. The summed E-state index contributed by atoms with van der Waals surface area (Å²) < 4.78 is 26.7. The molecule has 142 valence electrons. The van der Waals surface area contributed by atoms with Crippen molar-refractivity contribution in [1.29, 1.82) is 0 Å². The number of anilines is 1. The zero-order valence-electron chi connectivity index (χ0n) is 14.7. The fraction of sp³-hybridized carbons (Fsp3) is 0.588. The molecule has 1 aromatic carbocycles. The first-order valence-corrected chi connectivity index (χ1v) is 9.94. The maximum absolute atomic E-state index is 12.2. The minimum atomic E-state index is -3.51. The normalized spacial score (nSPS) is 20.8. The topological polar surface area (TPSA) is 101 Å². The van der Waals surface area contributed by atoms with Gasteiger partial charge in [-0.25, -0.2) is 13.1 Å². The molecule has 2 unspecified atom stereocenters. The van der Waals surface area contributed by atoms with E-state index in [2.05, 4.69) is 10.0 Å². The number of hydrogen-bond donors (Lipinski definition) is 3. The van der Waals surface area contributed by atoms with Crippen LogP contribution in [0.25, 0.3) is 0 Å². The number of amides is 1. The molecule has 2 atom stereocenters. The number of nitrogens with two attached hydrogens (primary N) is 1. The van der Waals surface area contributed by atoms with E-state index < -0.39 is 10.0 Å². The Morgan fingerprint density at radius 3 is 2.36 bits per heavy atom. The van der Waals surface area contributed by atoms with Crippen molar-refractivity contribution in [2.45, 2.75) is 62.9 Å². The second-order valence-corrected chi connectivity index (χ2v) is 8.48. The molecule has 0 spiro atoms. The van der Waals surface area contributed by atoms with E-state index in [-0.39, 0.29) is 41.2 Å². The molecule has 1 aromatic rings. The molecule has 1 saturated carbocycles. The summed E-state index contributed by atoms with van der Waals surface area (Å²) in [5.41, 5.74) is 6.67. The van der Waals surface area contributed by atoms with Crippen LogP contribution in [0.15, 0.2) is 29.2 Å². The number of rotatable bonds is 6. The number of sulfonamides is 1. The summed E-state index contributed by atoms with van der Waals surface area (Å²) >= 11 is 0. The molecule has 0 bridgehead atoms. The molecule has 2 rings (SSSR count). The Hall–Kier alpha value is -1.15. The van der Waals surface area contributed by atoms with Gasteiger partial charge in [-0.15, -0.1) is 12.4 Å². The first kappa shape index (κ1) is 21.9. The highest BCUT2D eigenvalue weighted by Gasteiger charge is 2.24. The van der Waals surface area contributed by atoms with Crippen LogP contribution in [0.2, 0.25) is 0 Å². The molecular formula is C17H28ClN3O3S. The SMILES string of the molecule is CC(C)NS(=O)(=O)c1ccc(NC(=O)CC2CCCCC2N)cc1.Cl. The Labute approximate surface area is 156 Å². The van der Waals surface area contributed by atoms with Crippen LogP contribution in [0, 0.1) is 5.92 Å². The van der Waals surface area contributed by atoms with Gasteiger partial charge in [-0.2, -0.15) is 0 Å². The second-order valence-electron chi connectivity index (χ2n) is 6.76. The summed E-state index contributed by atoms with van der Waals surface area (Å²) in [6, 6.07) is 6.12. The van der Waals surface area contributed by atoms with E-state index in [4.69, 9.17) is 5.73 Å². The molecule has 1 fully saturated rings. The van der Waals surface area contributed by atoms with Crippen LogP contribution < -0.4 is 15.8 Å². The summed E-state index contributed by atoms with van der Waals surface area (Å²) in [5.74, 6) is 0.155. The van der Waals surface area contributed by atoms with Gasteiger partial charge >= 0.3 is 0 Å². The zero-order chi connectivity index (χ0) is 17.7. The van der Waals surface area contributed by atoms with Crippen LogP contribution in [0.1, 0.15) is 46.0 Å². The third-order valence-electron chi connectivity index (χ3n) is 4.25. The fourth-order valence-electron chi connectivity index (χ4n) is 3.04. The Morgan fingerprint density at radius 2 is 1.80 bits per heavy atom. The standard InChI is InChI=1S/C17H27N3O3S.ClH/c1-12(2)20-24(22,23)15-9-7-14(8-10-15)19-17(21)11-13-5-3-4-6-16(13)18;/h7-10,12-13,16,20H,3-6,11,18H2,1-2H3,(H,19,21);1H. The van der Waals surface area contributed by atoms with E-state index in [9.17, 15) is 13.2 Å². The average molecular weight is 390 g/mol. The van der Waals surface area contributed by atoms with Gasteiger partial charge in [0.05, 0.1) is 4.90 Å². The number of halogens is 1. The molecule has 0 aromatic heterocycles. The van der Waals surface area contributed by atoms with E-state index in [0.29, 0.717) is 12.1 Å². The van der Waals surface area contributed by atoms with E-state index in [1.165, 1.54) is 12.1 Å². The lowest BCUT2D eigenvalue weighted by Crippen LogP contribution is -2.35. The molecule has 0 saturated heterocycles. The van der Waals surface area contributed by atoms with E-state index in [1.807, 2.05) is 0 Å². The molecular weight excluding hydrogens is 362 g/mol. The smallest absolute Gasteiger partial charge is 0.240 e. The molecule has 25 heavy (non-hydrogen) atoms. The zero-order valence-corrected chi connectivity index (χ0v) is 16.3. The van der Waals surface area contributed by atoms with Gasteiger partial charge in [0.15, 0.2) is 0 Å². The van der Waals surface area contributed by atoms with Crippen molar-refractivity contribution in [3.63, 3.8) is 0 Å². The number of nitrogens with one attached hydrogen (secondary N) is 2. The summed E-state index contributed by atoms with van der Waals surface area (Å²) in [4.78, 5) is 12.3. The van der Waals surface area contributed by atoms with Gasteiger partial charge in [-0.1, -0.05) is 12.8 Å². The minimum absolute atomic E-state index is 0. The number of benzene rings is 1. The van der Waals surface area contributed by atoms with Crippen molar-refractivity contribution in [3.05, 3.63) is 24.3 Å². The van der Waals surface area contributed by atoms with Crippen LogP contribution in [-0.4, -0.2) is 26.4 Å². The third kappa shape index (κ3) is 6.58. The van der Waals surface area contributed by atoms with Gasteiger partial charge in [-0.3, -0.25) is 4.79 Å². The molecule has 6 nitrogen and oxygen atoms in total. The van der Waals surface area contributed by atoms with Crippen molar-refractivity contribution in [2.24, 2.45) is 11.7 Å². The van der Waals surface area contributed by atoms with E-state index in [1.54, 1.807) is 26.0 Å². The summed E-state index contributed by atoms with van der Waals surface area (Å²) in [6.45, 7) is 3.53. The number of carbonyl (C=O) groups is 1. The second kappa shape index (κ2) is 9.52. The first-order chi connectivity index (χ1) is 11.3. The van der Waals surface area contributed by atoms with E-state index >= 15 is 0 Å². The van der Waals surface area contributed by atoms with Crippen molar-refractivity contribution in [3.8, 4) is 0 Å². The maximum Gasteiger partial charge on any atom is 0.240 e. The van der Waals surface area contributed by atoms with E-state index in [0.717, 1.165) is 25.7 Å². The molecule has 1 aliphatic rings. The van der Waals surface area contributed by atoms with Gasteiger partial charge in [-0.05, 0) is 56.9 Å². The predicted octanol–water partition coefficient (Wildman–Crippen LogP) is 2.64. The molecule has 0 heterocycles. The van der Waals surface area contributed by atoms with Gasteiger partial charge in [0.2, 0.25) is 15.9 Å². The summed E-state index contributed by atoms with van der Waals surface area (Å²) in [6.07, 6.45) is 4.65. The quantitative estimate of drug-likeness (QED) is 0.696. The lowest BCUT2D eigenvalue weighted by atomic mass is 9.83. The lowest BCUT2D eigenvalue weighted by molar-refractivity contribution is -0.117. The molecule has 1 aliphatic carbocycles. The Balaban J connectivity index is 0.00000312. The molecule has 8 heteroatoms. The highest BCUT2D eigenvalue weighted by molar-refractivity contribution is 7.89. The number of hydrogen-bond acceptors (Lipinski definition) is 4. The fourth-order valence-corrected chi connectivity index (χ4v) is 4.29. The third-order valence-corrected chi connectivity index (χ3v) is 5.93. The highest BCUT2D eigenvalue weighted by atomic mass is 35.5. The van der Waals surface area contributed by atoms with Gasteiger partial charge in [0.1, 0.15) is 0 Å². The van der Waals surface area contributed by atoms with Gasteiger partial charge in [0, 0.05) is 24.2 Å². The van der Waals surface area contributed by atoms with Crippen LogP contribution in [0.3, 0.4) is 0 Å². The van der Waals surface area contributed by atoms with Crippen LogP contribution in [-0.2, 0) is 14.8 Å². The molecule has 0 aliphatic heterocycles. The first-order valence-electron chi connectivity index (χ1n) is 8.46. The molecule has 0 radical (unpaired) electrons. The van der Waals surface area contributed by atoms with Crippen LogP contribution in [0.4, 0.5) is 5.69 Å². The average Bonchev–Trinajstić information content (AvgIpc) is 2.49. The lowest BCUT2D eigenvalue weighted by Gasteiger charge is -2.27. The van der Waals surface area contributed by atoms with Gasteiger partial charge < -0.3 is 11.1 Å².